The second-order valence-electron chi connectivity index (χ2n) is 10.1. The van der Waals surface area contributed by atoms with Crippen LogP contribution in [0.25, 0.3) is 51.3 Å². The summed E-state index contributed by atoms with van der Waals surface area (Å²) in [6.45, 7) is 9.58. The molecule has 6 nitrogen and oxygen atoms in total. The molecule has 0 aliphatic carbocycles. The van der Waals surface area contributed by atoms with Gasteiger partial charge in [0.15, 0.2) is 0 Å². The van der Waals surface area contributed by atoms with E-state index < -0.39 is 0 Å². The van der Waals surface area contributed by atoms with Crippen LogP contribution < -0.4 is 10.6 Å². The molecule has 1 aliphatic rings. The number of benzene rings is 1. The van der Waals surface area contributed by atoms with Crippen LogP contribution in [-0.4, -0.2) is 43.1 Å². The Bertz CT molecular complexity index is 1760. The fourth-order valence-corrected chi connectivity index (χ4v) is 5.34. The number of fused-ring (bicyclic) bond motifs is 1. The van der Waals surface area contributed by atoms with E-state index in [1.54, 1.807) is 18.3 Å². The molecule has 5 aromatic rings. The molecule has 6 rings (SSSR count). The number of allylic oxidation sites excluding steroid dienone is 1. The lowest BCUT2D eigenvalue weighted by Gasteiger charge is -2.26. The van der Waals surface area contributed by atoms with Crippen LogP contribution in [0, 0.1) is 5.82 Å². The molecule has 1 aliphatic heterocycles. The molecule has 196 valence electrons. The van der Waals surface area contributed by atoms with Gasteiger partial charge >= 0.3 is 0 Å². The van der Waals surface area contributed by atoms with E-state index in [0.29, 0.717) is 0 Å². The van der Waals surface area contributed by atoms with Crippen LogP contribution in [-0.2, 0) is 6.54 Å². The van der Waals surface area contributed by atoms with Gasteiger partial charge in [-0.15, -0.1) is 0 Å². The number of aromatic nitrogens is 5. The van der Waals surface area contributed by atoms with Gasteiger partial charge in [-0.3, -0.25) is 20.0 Å². The predicted molar refractivity (Wildman–Crippen MR) is 155 cm³/mol. The lowest BCUT2D eigenvalue weighted by atomic mass is 10.0. The number of aromatic amines is 2. The molecule has 0 amide bonds. The molecule has 2 N–H and O–H groups in total. The molecule has 7 heteroatoms. The number of nitrogens with zero attached hydrogens (tertiary/aromatic N) is 4. The maximum atomic E-state index is 13.5. The number of pyridine rings is 2. The number of nitrogens with one attached hydrogen (secondary N) is 2. The van der Waals surface area contributed by atoms with Crippen LogP contribution in [0.1, 0.15) is 37.3 Å². The first-order valence-electron chi connectivity index (χ1n) is 13.4. The molecule has 0 bridgehead atoms. The van der Waals surface area contributed by atoms with E-state index in [1.807, 2.05) is 31.5 Å². The van der Waals surface area contributed by atoms with Gasteiger partial charge in [0.25, 0.3) is 0 Å². The van der Waals surface area contributed by atoms with Crippen molar-refractivity contribution < 1.29 is 4.39 Å². The molecule has 39 heavy (non-hydrogen) atoms. The average Bonchev–Trinajstić information content (AvgIpc) is 3.58. The molecule has 0 radical (unpaired) electrons. The highest BCUT2D eigenvalue weighted by Gasteiger charge is 2.14. The Hall–Kier alpha value is -4.36. The maximum absolute atomic E-state index is 13.5. The highest BCUT2D eigenvalue weighted by Crippen LogP contribution is 2.29. The van der Waals surface area contributed by atoms with E-state index in [4.69, 9.17) is 0 Å². The number of halogens is 1. The fourth-order valence-electron chi connectivity index (χ4n) is 5.34. The normalized spacial score (nSPS) is 15.3. The maximum Gasteiger partial charge on any atom is 0.123 e. The Balaban J connectivity index is 1.37. The Labute approximate surface area is 226 Å². The predicted octanol–water partition coefficient (Wildman–Crippen LogP) is 5.43. The number of likely N-dealkylation sites (tertiary alicyclic amines) is 1. The first-order valence-corrected chi connectivity index (χ1v) is 13.4. The lowest BCUT2D eigenvalue weighted by Crippen LogP contribution is -2.29. The van der Waals surface area contributed by atoms with Crippen molar-refractivity contribution in [3.63, 3.8) is 0 Å². The number of H-pyrrole nitrogens is 2. The minimum atomic E-state index is -0.270. The highest BCUT2D eigenvalue weighted by molar-refractivity contribution is 5.96. The van der Waals surface area contributed by atoms with Crippen molar-refractivity contribution in [3.05, 3.63) is 95.1 Å². The summed E-state index contributed by atoms with van der Waals surface area (Å²) in [5, 5.41) is 10.6. The summed E-state index contributed by atoms with van der Waals surface area (Å²) in [7, 11) is 0. The minimum Gasteiger partial charge on any atom is -0.353 e. The van der Waals surface area contributed by atoms with E-state index in [9.17, 15) is 4.39 Å². The number of hydrogen-bond donors (Lipinski definition) is 2. The van der Waals surface area contributed by atoms with Gasteiger partial charge in [0.2, 0.25) is 0 Å². The Morgan fingerprint density at radius 1 is 1.05 bits per heavy atom. The molecule has 0 unspecified atom stereocenters. The van der Waals surface area contributed by atoms with Crippen molar-refractivity contribution in [1.29, 1.82) is 0 Å². The van der Waals surface area contributed by atoms with Gasteiger partial charge in [0, 0.05) is 46.8 Å². The molecule has 1 fully saturated rings. The third kappa shape index (κ3) is 5.18. The van der Waals surface area contributed by atoms with Gasteiger partial charge in [-0.1, -0.05) is 19.1 Å². The zero-order chi connectivity index (χ0) is 26.8. The first-order chi connectivity index (χ1) is 19.1. The fraction of sp³-hybridized carbons (Fsp3) is 0.219. The zero-order valence-electron chi connectivity index (χ0n) is 22.0. The molecular weight excluding hydrogens is 487 g/mol. The molecule has 0 saturated carbocycles. The second-order valence-corrected chi connectivity index (χ2v) is 10.1. The van der Waals surface area contributed by atoms with E-state index in [1.165, 1.54) is 37.0 Å². The van der Waals surface area contributed by atoms with Crippen molar-refractivity contribution in [2.24, 2.45) is 0 Å². The quantitative estimate of drug-likeness (QED) is 0.314. The van der Waals surface area contributed by atoms with E-state index in [-0.39, 0.29) is 5.82 Å². The third-order valence-corrected chi connectivity index (χ3v) is 7.38. The summed E-state index contributed by atoms with van der Waals surface area (Å²) in [4.78, 5) is 15.1. The average molecular weight is 519 g/mol. The van der Waals surface area contributed by atoms with Crippen LogP contribution in [0.15, 0.2) is 67.6 Å². The SMILES string of the molecule is C=C(/C=c1/c(-c2cc3c(-c4ccc(F)cc4)nccc3[nH]2)n[nH]/c1=C/C)c1cncc(CN2CCCCC2)c1. The van der Waals surface area contributed by atoms with Crippen LogP contribution in [0.2, 0.25) is 0 Å². The van der Waals surface area contributed by atoms with Gasteiger partial charge in [-0.25, -0.2) is 4.39 Å². The van der Waals surface area contributed by atoms with Crippen molar-refractivity contribution in [1.82, 2.24) is 30.0 Å². The Morgan fingerprint density at radius 3 is 2.67 bits per heavy atom. The molecule has 0 atom stereocenters. The smallest absolute Gasteiger partial charge is 0.123 e. The molecular formula is C32H31FN6. The summed E-state index contributed by atoms with van der Waals surface area (Å²) >= 11 is 0. The van der Waals surface area contributed by atoms with Gasteiger partial charge < -0.3 is 4.98 Å². The summed E-state index contributed by atoms with van der Waals surface area (Å²) in [6, 6.07) is 12.6. The van der Waals surface area contributed by atoms with Crippen LogP contribution in [0.5, 0.6) is 0 Å². The number of rotatable bonds is 6. The summed E-state index contributed by atoms with van der Waals surface area (Å²) in [6.07, 6.45) is 13.5. The Kier molecular flexibility index (Phi) is 6.90. The van der Waals surface area contributed by atoms with Gasteiger partial charge in [0.05, 0.1) is 16.7 Å². The minimum absolute atomic E-state index is 0.270. The standard InChI is InChI=1S/C32H31FN6/c1-3-28-26(15-21(2)24-16-22(18-34-19-24)20-39-13-5-4-6-14-39)32(38-37-28)30-17-27-29(36-30)11-12-35-31(27)23-7-9-25(33)10-8-23/h3,7-12,15-19,36-37H,2,4-6,13-14,20H2,1H3/b26-15+,28-3+. The number of hydrogen-bond acceptors (Lipinski definition) is 4. The molecule has 4 aromatic heterocycles. The van der Waals surface area contributed by atoms with Crippen LogP contribution in [0.4, 0.5) is 4.39 Å². The molecule has 0 spiro atoms. The van der Waals surface area contributed by atoms with Gasteiger partial charge in [-0.05, 0) is 98.1 Å². The Morgan fingerprint density at radius 2 is 1.87 bits per heavy atom. The van der Waals surface area contributed by atoms with Gasteiger partial charge in [0.1, 0.15) is 11.5 Å². The lowest BCUT2D eigenvalue weighted by molar-refractivity contribution is 0.220. The summed E-state index contributed by atoms with van der Waals surface area (Å²) < 4.78 is 13.5. The molecule has 5 heterocycles. The topological polar surface area (TPSA) is 73.5 Å². The third-order valence-electron chi connectivity index (χ3n) is 7.38. The van der Waals surface area contributed by atoms with Gasteiger partial charge in [-0.2, -0.15) is 5.10 Å². The van der Waals surface area contributed by atoms with Crippen molar-refractivity contribution in [3.8, 4) is 22.6 Å². The zero-order valence-corrected chi connectivity index (χ0v) is 22.0. The summed E-state index contributed by atoms with van der Waals surface area (Å²) in [5.74, 6) is -0.270. The van der Waals surface area contributed by atoms with E-state index >= 15 is 0 Å². The largest absolute Gasteiger partial charge is 0.353 e. The van der Waals surface area contributed by atoms with Crippen LogP contribution >= 0.6 is 0 Å². The molecule has 1 saturated heterocycles. The first kappa shape index (κ1) is 24.9. The monoisotopic (exact) mass is 518 g/mol. The number of piperidine rings is 1. The van der Waals surface area contributed by atoms with Crippen molar-refractivity contribution >= 4 is 28.6 Å². The van der Waals surface area contributed by atoms with Crippen LogP contribution in [0.3, 0.4) is 0 Å². The molecule has 1 aromatic carbocycles. The van der Waals surface area contributed by atoms with E-state index in [2.05, 4.69) is 54.8 Å². The van der Waals surface area contributed by atoms with E-state index in [0.717, 1.165) is 74.9 Å². The van der Waals surface area contributed by atoms with Crippen molar-refractivity contribution in [2.75, 3.05) is 13.1 Å². The summed E-state index contributed by atoms with van der Waals surface area (Å²) in [5.41, 5.74) is 7.31. The second kappa shape index (κ2) is 10.8. The highest BCUT2D eigenvalue weighted by atomic mass is 19.1. The van der Waals surface area contributed by atoms with Crippen molar-refractivity contribution in [2.45, 2.75) is 32.7 Å².